The van der Waals surface area contributed by atoms with Crippen molar-refractivity contribution >= 4 is 10.2 Å². The fourth-order valence-corrected chi connectivity index (χ4v) is 2.43. The fraction of sp³-hybridized carbons (Fsp3) is 1.00. The molecule has 7 heteroatoms. The highest BCUT2D eigenvalue weighted by Gasteiger charge is 2.31. The summed E-state index contributed by atoms with van der Waals surface area (Å²) in [5, 5.41) is 12.8. The summed E-state index contributed by atoms with van der Waals surface area (Å²) in [5.41, 5.74) is -0.943. The lowest BCUT2D eigenvalue weighted by atomic mass is 10.1. The number of hydrogen-bond donors (Lipinski definition) is 4. The quantitative estimate of drug-likeness (QED) is 0.455. The summed E-state index contributed by atoms with van der Waals surface area (Å²) in [4.78, 5) is 0. The minimum Gasteiger partial charge on any atom is -0.387 e. The molecule has 4 N–H and O–H groups in total. The number of aliphatic hydroxyl groups is 1. The monoisotopic (exact) mass is 237 g/mol. The Morgan fingerprint density at radius 1 is 1.47 bits per heavy atom. The van der Waals surface area contributed by atoms with E-state index in [0.29, 0.717) is 19.5 Å². The molecule has 90 valence electrons. The molecule has 0 aliphatic carbocycles. The summed E-state index contributed by atoms with van der Waals surface area (Å²) in [6.45, 7) is 3.51. The van der Waals surface area contributed by atoms with Crippen molar-refractivity contribution in [3.05, 3.63) is 0 Å². The van der Waals surface area contributed by atoms with Crippen LogP contribution in [0.1, 0.15) is 19.8 Å². The van der Waals surface area contributed by atoms with E-state index >= 15 is 0 Å². The number of hydrogen-bond acceptors (Lipinski definition) is 4. The maximum absolute atomic E-state index is 11.3. The van der Waals surface area contributed by atoms with Gasteiger partial charge in [-0.25, -0.2) is 4.72 Å². The normalized spacial score (nSPS) is 27.1. The van der Waals surface area contributed by atoms with Crippen LogP contribution < -0.4 is 14.8 Å². The summed E-state index contributed by atoms with van der Waals surface area (Å²) >= 11 is 0. The van der Waals surface area contributed by atoms with Crippen LogP contribution in [0.3, 0.4) is 0 Å². The van der Waals surface area contributed by atoms with Crippen LogP contribution in [-0.2, 0) is 10.2 Å². The second kappa shape index (κ2) is 5.22. The average Bonchev–Trinajstić information content (AvgIpc) is 2.61. The summed E-state index contributed by atoms with van der Waals surface area (Å²) in [6, 6.07) is 0. The highest BCUT2D eigenvalue weighted by atomic mass is 32.2. The average molecular weight is 237 g/mol. The van der Waals surface area contributed by atoms with Crippen molar-refractivity contribution in [3.8, 4) is 0 Å². The van der Waals surface area contributed by atoms with Crippen molar-refractivity contribution in [1.29, 1.82) is 0 Å². The van der Waals surface area contributed by atoms with Gasteiger partial charge in [0.2, 0.25) is 0 Å². The lowest BCUT2D eigenvalue weighted by Gasteiger charge is -2.21. The van der Waals surface area contributed by atoms with Gasteiger partial charge in [-0.05, 0) is 19.4 Å². The van der Waals surface area contributed by atoms with E-state index in [9.17, 15) is 13.5 Å². The largest absolute Gasteiger partial charge is 0.387 e. The lowest BCUT2D eigenvalue weighted by molar-refractivity contribution is 0.0667. The Morgan fingerprint density at radius 3 is 2.73 bits per heavy atom. The second-order valence-electron chi connectivity index (χ2n) is 3.87. The van der Waals surface area contributed by atoms with Crippen molar-refractivity contribution in [3.63, 3.8) is 0 Å². The van der Waals surface area contributed by atoms with Crippen molar-refractivity contribution in [2.45, 2.75) is 25.4 Å². The van der Waals surface area contributed by atoms with Crippen molar-refractivity contribution in [1.82, 2.24) is 14.8 Å². The maximum atomic E-state index is 11.3. The van der Waals surface area contributed by atoms with E-state index in [1.165, 1.54) is 0 Å². The van der Waals surface area contributed by atoms with Gasteiger partial charge in [-0.15, -0.1) is 0 Å². The van der Waals surface area contributed by atoms with E-state index in [-0.39, 0.29) is 6.54 Å². The number of rotatable bonds is 6. The third-order valence-corrected chi connectivity index (χ3v) is 3.46. The molecule has 15 heavy (non-hydrogen) atoms. The molecule has 0 aromatic heterocycles. The Morgan fingerprint density at radius 2 is 2.20 bits per heavy atom. The first-order chi connectivity index (χ1) is 6.97. The van der Waals surface area contributed by atoms with Gasteiger partial charge in [0.1, 0.15) is 0 Å². The van der Waals surface area contributed by atoms with Crippen LogP contribution in [0, 0.1) is 0 Å². The SMILES string of the molecule is CCCNS(=O)(=O)NCC1(O)CCNC1. The van der Waals surface area contributed by atoms with E-state index in [1.54, 1.807) is 0 Å². The van der Waals surface area contributed by atoms with Gasteiger partial charge in [-0.2, -0.15) is 13.1 Å². The molecule has 1 aliphatic rings. The zero-order chi connectivity index (χ0) is 11.4. The Balaban J connectivity index is 2.35. The van der Waals surface area contributed by atoms with Gasteiger partial charge >= 0.3 is 0 Å². The van der Waals surface area contributed by atoms with Gasteiger partial charge in [0.15, 0.2) is 0 Å². The van der Waals surface area contributed by atoms with Crippen LogP contribution in [-0.4, -0.2) is 45.3 Å². The summed E-state index contributed by atoms with van der Waals surface area (Å²) in [5.74, 6) is 0. The van der Waals surface area contributed by atoms with Crippen molar-refractivity contribution < 1.29 is 13.5 Å². The van der Waals surface area contributed by atoms with Crippen LogP contribution >= 0.6 is 0 Å². The number of nitrogens with one attached hydrogen (secondary N) is 3. The molecule has 1 saturated heterocycles. The topological polar surface area (TPSA) is 90.5 Å². The molecule has 6 nitrogen and oxygen atoms in total. The van der Waals surface area contributed by atoms with Gasteiger partial charge < -0.3 is 10.4 Å². The highest BCUT2D eigenvalue weighted by Crippen LogP contribution is 2.12. The molecule has 1 rings (SSSR count). The zero-order valence-electron chi connectivity index (χ0n) is 8.91. The van der Waals surface area contributed by atoms with E-state index in [0.717, 1.165) is 13.0 Å². The van der Waals surface area contributed by atoms with Crippen molar-refractivity contribution in [2.75, 3.05) is 26.2 Å². The lowest BCUT2D eigenvalue weighted by Crippen LogP contribution is -2.47. The minimum absolute atomic E-state index is 0.0546. The Labute approximate surface area is 90.6 Å². The number of β-amino-alcohol motifs (C(OH)–C–C–N with tert-alkyl or cyclic N) is 1. The zero-order valence-corrected chi connectivity index (χ0v) is 9.73. The molecule has 0 spiro atoms. The van der Waals surface area contributed by atoms with Crippen LogP contribution in [0.15, 0.2) is 0 Å². The first-order valence-electron chi connectivity index (χ1n) is 5.15. The molecule has 1 fully saturated rings. The predicted octanol–water partition coefficient (Wildman–Crippen LogP) is -1.46. The van der Waals surface area contributed by atoms with Gasteiger partial charge in [0.05, 0.1) is 5.60 Å². The first kappa shape index (κ1) is 12.9. The molecule has 1 heterocycles. The molecule has 1 aliphatic heterocycles. The molecular weight excluding hydrogens is 218 g/mol. The summed E-state index contributed by atoms with van der Waals surface area (Å²) in [6.07, 6.45) is 1.32. The standard InChI is InChI=1S/C8H19N3O3S/c1-2-4-10-15(13,14)11-7-8(12)3-5-9-6-8/h9-12H,2-7H2,1H3. The first-order valence-corrected chi connectivity index (χ1v) is 6.63. The van der Waals surface area contributed by atoms with E-state index in [1.807, 2.05) is 6.92 Å². The predicted molar refractivity (Wildman–Crippen MR) is 57.7 cm³/mol. The van der Waals surface area contributed by atoms with Crippen LogP contribution in [0.5, 0.6) is 0 Å². The minimum atomic E-state index is -3.46. The van der Waals surface area contributed by atoms with Crippen molar-refractivity contribution in [2.24, 2.45) is 0 Å². The molecule has 1 atom stereocenters. The molecule has 1 unspecified atom stereocenters. The van der Waals surface area contributed by atoms with Gasteiger partial charge in [-0.3, -0.25) is 0 Å². The van der Waals surface area contributed by atoms with Crippen LogP contribution in [0.4, 0.5) is 0 Å². The van der Waals surface area contributed by atoms with Crippen LogP contribution in [0.2, 0.25) is 0 Å². The van der Waals surface area contributed by atoms with E-state index < -0.39 is 15.8 Å². The maximum Gasteiger partial charge on any atom is 0.277 e. The highest BCUT2D eigenvalue weighted by molar-refractivity contribution is 7.87. The Kier molecular flexibility index (Phi) is 4.47. The summed E-state index contributed by atoms with van der Waals surface area (Å²) in [7, 11) is -3.46. The Hall–Kier alpha value is -0.210. The van der Waals surface area contributed by atoms with Gasteiger partial charge in [0.25, 0.3) is 10.2 Å². The fourth-order valence-electron chi connectivity index (χ4n) is 1.40. The smallest absolute Gasteiger partial charge is 0.277 e. The molecule has 0 amide bonds. The van der Waals surface area contributed by atoms with Crippen LogP contribution in [0.25, 0.3) is 0 Å². The molecule has 0 aromatic rings. The Bertz CT molecular complexity index is 286. The van der Waals surface area contributed by atoms with Gasteiger partial charge in [0, 0.05) is 19.6 Å². The second-order valence-corrected chi connectivity index (χ2v) is 5.45. The summed E-state index contributed by atoms with van der Waals surface area (Å²) < 4.78 is 27.4. The molecular formula is C8H19N3O3S. The van der Waals surface area contributed by atoms with E-state index in [2.05, 4.69) is 14.8 Å². The molecule has 0 aromatic carbocycles. The van der Waals surface area contributed by atoms with Gasteiger partial charge in [-0.1, -0.05) is 6.92 Å². The molecule has 0 radical (unpaired) electrons. The molecule has 0 saturated carbocycles. The third-order valence-electron chi connectivity index (χ3n) is 2.35. The third kappa shape index (κ3) is 4.43. The van der Waals surface area contributed by atoms with E-state index in [4.69, 9.17) is 0 Å². The molecule has 0 bridgehead atoms.